The first-order valence-corrected chi connectivity index (χ1v) is 8.75. The summed E-state index contributed by atoms with van der Waals surface area (Å²) in [6.45, 7) is 9.34. The summed E-state index contributed by atoms with van der Waals surface area (Å²) in [4.78, 5) is 2.63. The van der Waals surface area contributed by atoms with Crippen molar-refractivity contribution in [3.63, 3.8) is 0 Å². The zero-order chi connectivity index (χ0) is 16.1. The summed E-state index contributed by atoms with van der Waals surface area (Å²) in [5.74, 6) is 0. The normalized spacial score (nSPS) is 16.4. The molecule has 2 aromatic rings. The van der Waals surface area contributed by atoms with Gasteiger partial charge >= 0.3 is 0 Å². The smallest absolute Gasteiger partial charge is 0.0157 e. The van der Waals surface area contributed by atoms with Crippen molar-refractivity contribution in [1.82, 2.24) is 10.2 Å². The zero-order valence-electron chi connectivity index (χ0n) is 14.4. The number of hydrogen-bond acceptors (Lipinski definition) is 2. The van der Waals surface area contributed by atoms with Crippen molar-refractivity contribution in [1.29, 1.82) is 0 Å². The molecule has 23 heavy (non-hydrogen) atoms. The van der Waals surface area contributed by atoms with E-state index in [0.717, 1.165) is 32.6 Å². The number of piperazine rings is 1. The van der Waals surface area contributed by atoms with Gasteiger partial charge in [-0.05, 0) is 43.4 Å². The maximum absolute atomic E-state index is 3.44. The van der Waals surface area contributed by atoms with Crippen LogP contribution in [0.15, 0.2) is 54.6 Å². The van der Waals surface area contributed by atoms with Gasteiger partial charge in [-0.15, -0.1) is 0 Å². The van der Waals surface area contributed by atoms with Gasteiger partial charge in [0.25, 0.3) is 0 Å². The number of nitrogens with zero attached hydrogens (tertiary/aromatic N) is 1. The molecule has 0 atom stereocenters. The third-order valence-electron chi connectivity index (χ3n) is 5.03. The molecule has 0 radical (unpaired) electrons. The minimum Gasteiger partial charge on any atom is -0.314 e. The van der Waals surface area contributed by atoms with Gasteiger partial charge in [-0.1, -0.05) is 54.6 Å². The lowest BCUT2D eigenvalue weighted by Gasteiger charge is -2.41. The summed E-state index contributed by atoms with van der Waals surface area (Å²) in [5, 5.41) is 3.44. The van der Waals surface area contributed by atoms with Gasteiger partial charge in [0.2, 0.25) is 0 Å². The van der Waals surface area contributed by atoms with Crippen LogP contribution in [0.5, 0.6) is 0 Å². The molecule has 122 valence electrons. The molecule has 0 saturated carbocycles. The molecule has 0 bridgehead atoms. The second-order valence-electron chi connectivity index (χ2n) is 7.12. The maximum Gasteiger partial charge on any atom is 0.0157 e. The van der Waals surface area contributed by atoms with E-state index in [1.165, 1.54) is 23.1 Å². The SMILES string of the molecule is CC(C)(CCc1cccc(-c2ccccc2)c1)N1CCNCC1. The van der Waals surface area contributed by atoms with Gasteiger partial charge in [0.15, 0.2) is 0 Å². The highest BCUT2D eigenvalue weighted by Crippen LogP contribution is 2.24. The molecule has 0 aromatic heterocycles. The molecule has 1 N–H and O–H groups in total. The molecule has 1 aliphatic heterocycles. The van der Waals surface area contributed by atoms with Crippen LogP contribution in [-0.2, 0) is 6.42 Å². The molecule has 1 fully saturated rings. The van der Waals surface area contributed by atoms with Crippen LogP contribution in [0.1, 0.15) is 25.8 Å². The van der Waals surface area contributed by atoms with Crippen molar-refractivity contribution in [2.75, 3.05) is 26.2 Å². The number of rotatable bonds is 5. The number of aryl methyl sites for hydroxylation is 1. The third kappa shape index (κ3) is 4.21. The molecule has 0 aliphatic carbocycles. The predicted octanol–water partition coefficient (Wildman–Crippen LogP) is 3.97. The first-order valence-electron chi connectivity index (χ1n) is 8.75. The Morgan fingerprint density at radius 2 is 1.61 bits per heavy atom. The summed E-state index contributed by atoms with van der Waals surface area (Å²) in [6, 6.07) is 19.7. The maximum atomic E-state index is 3.44. The summed E-state index contributed by atoms with van der Waals surface area (Å²) in [7, 11) is 0. The molecule has 0 spiro atoms. The van der Waals surface area contributed by atoms with Crippen molar-refractivity contribution >= 4 is 0 Å². The zero-order valence-corrected chi connectivity index (χ0v) is 14.4. The minimum absolute atomic E-state index is 0.269. The molecule has 1 saturated heterocycles. The van der Waals surface area contributed by atoms with Crippen LogP contribution < -0.4 is 5.32 Å². The van der Waals surface area contributed by atoms with E-state index in [2.05, 4.69) is 78.7 Å². The summed E-state index contributed by atoms with van der Waals surface area (Å²) in [6.07, 6.45) is 2.34. The van der Waals surface area contributed by atoms with Crippen LogP contribution in [-0.4, -0.2) is 36.6 Å². The van der Waals surface area contributed by atoms with E-state index < -0.39 is 0 Å². The molecule has 3 rings (SSSR count). The molecular weight excluding hydrogens is 280 g/mol. The first-order chi connectivity index (χ1) is 11.1. The van der Waals surface area contributed by atoms with E-state index in [0.29, 0.717) is 0 Å². The molecule has 1 aliphatic rings. The van der Waals surface area contributed by atoms with Gasteiger partial charge < -0.3 is 5.32 Å². The highest BCUT2D eigenvalue weighted by atomic mass is 15.2. The molecule has 0 amide bonds. The molecule has 0 unspecified atom stereocenters. The summed E-state index contributed by atoms with van der Waals surface area (Å²) < 4.78 is 0. The lowest BCUT2D eigenvalue weighted by molar-refractivity contribution is 0.0959. The van der Waals surface area contributed by atoms with Crippen molar-refractivity contribution in [3.8, 4) is 11.1 Å². The fourth-order valence-electron chi connectivity index (χ4n) is 3.42. The Morgan fingerprint density at radius 3 is 2.35 bits per heavy atom. The first kappa shape index (κ1) is 16.2. The Balaban J connectivity index is 1.66. The number of nitrogens with one attached hydrogen (secondary N) is 1. The van der Waals surface area contributed by atoms with Crippen LogP contribution >= 0.6 is 0 Å². The van der Waals surface area contributed by atoms with Crippen LogP contribution in [0.4, 0.5) is 0 Å². The average Bonchev–Trinajstić information content (AvgIpc) is 2.62. The quantitative estimate of drug-likeness (QED) is 0.899. The second-order valence-corrected chi connectivity index (χ2v) is 7.12. The Morgan fingerprint density at radius 1 is 0.913 bits per heavy atom. The van der Waals surface area contributed by atoms with E-state index >= 15 is 0 Å². The van der Waals surface area contributed by atoms with Crippen LogP contribution in [0.3, 0.4) is 0 Å². The molecule has 2 aromatic carbocycles. The van der Waals surface area contributed by atoms with Gasteiger partial charge in [-0.3, -0.25) is 4.90 Å². The fraction of sp³-hybridized carbons (Fsp3) is 0.429. The van der Waals surface area contributed by atoms with Gasteiger partial charge in [-0.25, -0.2) is 0 Å². The standard InChI is InChI=1S/C21H28N2/c1-21(2,23-15-13-22-14-16-23)12-11-18-7-6-10-20(17-18)19-8-4-3-5-9-19/h3-10,17,22H,11-16H2,1-2H3. The number of benzene rings is 2. The van der Waals surface area contributed by atoms with Crippen molar-refractivity contribution in [3.05, 3.63) is 60.2 Å². The van der Waals surface area contributed by atoms with Gasteiger partial charge in [0.1, 0.15) is 0 Å². The van der Waals surface area contributed by atoms with Gasteiger partial charge in [0.05, 0.1) is 0 Å². The lowest BCUT2D eigenvalue weighted by atomic mass is 9.91. The van der Waals surface area contributed by atoms with Gasteiger partial charge in [0, 0.05) is 31.7 Å². The predicted molar refractivity (Wildman–Crippen MR) is 98.7 cm³/mol. The van der Waals surface area contributed by atoms with Crippen molar-refractivity contribution in [2.45, 2.75) is 32.2 Å². The van der Waals surface area contributed by atoms with E-state index in [9.17, 15) is 0 Å². The highest BCUT2D eigenvalue weighted by molar-refractivity contribution is 5.63. The van der Waals surface area contributed by atoms with E-state index in [1.54, 1.807) is 0 Å². The summed E-state index contributed by atoms with van der Waals surface area (Å²) in [5.41, 5.74) is 4.33. The topological polar surface area (TPSA) is 15.3 Å². The van der Waals surface area contributed by atoms with E-state index in [-0.39, 0.29) is 5.54 Å². The molecule has 1 heterocycles. The van der Waals surface area contributed by atoms with Crippen LogP contribution in [0, 0.1) is 0 Å². The largest absolute Gasteiger partial charge is 0.314 e. The monoisotopic (exact) mass is 308 g/mol. The van der Waals surface area contributed by atoms with Gasteiger partial charge in [-0.2, -0.15) is 0 Å². The second kappa shape index (κ2) is 7.29. The molecule has 2 heteroatoms. The Labute approximate surface area is 140 Å². The minimum atomic E-state index is 0.269. The highest BCUT2D eigenvalue weighted by Gasteiger charge is 2.27. The fourth-order valence-corrected chi connectivity index (χ4v) is 3.42. The van der Waals surface area contributed by atoms with E-state index in [4.69, 9.17) is 0 Å². The van der Waals surface area contributed by atoms with Crippen molar-refractivity contribution in [2.24, 2.45) is 0 Å². The Hall–Kier alpha value is -1.64. The van der Waals surface area contributed by atoms with Crippen LogP contribution in [0.25, 0.3) is 11.1 Å². The van der Waals surface area contributed by atoms with Crippen LogP contribution in [0.2, 0.25) is 0 Å². The number of hydrogen-bond donors (Lipinski definition) is 1. The Kier molecular flexibility index (Phi) is 5.14. The van der Waals surface area contributed by atoms with Crippen molar-refractivity contribution < 1.29 is 0 Å². The lowest BCUT2D eigenvalue weighted by Crippen LogP contribution is -2.53. The average molecular weight is 308 g/mol. The molecular formula is C21H28N2. The summed E-state index contributed by atoms with van der Waals surface area (Å²) >= 11 is 0. The third-order valence-corrected chi connectivity index (χ3v) is 5.03. The van der Waals surface area contributed by atoms with E-state index in [1.807, 2.05) is 0 Å². The Bertz CT molecular complexity index is 613. The molecule has 2 nitrogen and oxygen atoms in total.